The average Bonchev–Trinajstić information content (AvgIpc) is 2.61. The minimum absolute atomic E-state index is 0. The first-order valence-electron chi connectivity index (χ1n) is 9.39. The first-order chi connectivity index (χ1) is 12.2. The fourth-order valence-electron chi connectivity index (χ4n) is 3.31. The van der Waals surface area contributed by atoms with Gasteiger partial charge in [-0.05, 0) is 45.6 Å². The Morgan fingerprint density at radius 1 is 1.31 bits per heavy atom. The summed E-state index contributed by atoms with van der Waals surface area (Å²) in [6.07, 6.45) is 4.50. The molecule has 1 saturated heterocycles. The summed E-state index contributed by atoms with van der Waals surface area (Å²) >= 11 is 0. The van der Waals surface area contributed by atoms with Crippen molar-refractivity contribution in [3.63, 3.8) is 0 Å². The number of nitrogens with zero attached hydrogens (tertiary/aromatic N) is 3. The Hall–Kier alpha value is -1.09. The minimum atomic E-state index is 0. The van der Waals surface area contributed by atoms with Crippen molar-refractivity contribution in [2.45, 2.75) is 52.2 Å². The summed E-state index contributed by atoms with van der Waals surface area (Å²) in [6, 6.07) is 5.42. The van der Waals surface area contributed by atoms with Crippen LogP contribution in [-0.4, -0.2) is 54.8 Å². The zero-order valence-electron chi connectivity index (χ0n) is 16.2. The van der Waals surface area contributed by atoms with Gasteiger partial charge < -0.3 is 19.5 Å². The van der Waals surface area contributed by atoms with E-state index in [1.54, 1.807) is 6.07 Å². The summed E-state index contributed by atoms with van der Waals surface area (Å²) in [5.41, 5.74) is 1.11. The summed E-state index contributed by atoms with van der Waals surface area (Å²) in [7, 11) is 1.84. The second kappa shape index (κ2) is 12.3. The number of halogens is 1. The lowest BCUT2D eigenvalue weighted by molar-refractivity contribution is 0.0264. The van der Waals surface area contributed by atoms with Crippen LogP contribution in [0.25, 0.3) is 0 Å². The summed E-state index contributed by atoms with van der Waals surface area (Å²) in [5.74, 6) is 0.975. The molecule has 0 bridgehead atoms. The SMILES string of the molecule is CCOC1CCN(C(=NC)NCCCCn2c(C)cccc2=O)CC1.I. The van der Waals surface area contributed by atoms with Gasteiger partial charge in [-0.2, -0.15) is 0 Å². The molecule has 1 aromatic rings. The van der Waals surface area contributed by atoms with Gasteiger partial charge in [-0.15, -0.1) is 24.0 Å². The van der Waals surface area contributed by atoms with Crippen molar-refractivity contribution in [2.75, 3.05) is 33.3 Å². The second-order valence-electron chi connectivity index (χ2n) is 6.48. The summed E-state index contributed by atoms with van der Waals surface area (Å²) in [5, 5.41) is 3.45. The maximum Gasteiger partial charge on any atom is 0.250 e. The molecule has 0 amide bonds. The van der Waals surface area contributed by atoms with Gasteiger partial charge in [0.05, 0.1) is 6.10 Å². The normalized spacial score (nSPS) is 15.7. The van der Waals surface area contributed by atoms with E-state index in [2.05, 4.69) is 22.1 Å². The molecule has 1 fully saturated rings. The van der Waals surface area contributed by atoms with Crippen LogP contribution < -0.4 is 10.9 Å². The zero-order chi connectivity index (χ0) is 18.1. The number of hydrogen-bond acceptors (Lipinski definition) is 3. The number of aliphatic imine (C=N–C) groups is 1. The molecule has 1 aliphatic rings. The van der Waals surface area contributed by atoms with E-state index < -0.39 is 0 Å². The molecule has 6 nitrogen and oxygen atoms in total. The Morgan fingerprint density at radius 3 is 2.65 bits per heavy atom. The third-order valence-electron chi connectivity index (χ3n) is 4.72. The van der Waals surface area contributed by atoms with E-state index in [1.807, 2.05) is 30.7 Å². The third-order valence-corrected chi connectivity index (χ3v) is 4.72. The Balaban J connectivity index is 0.00000338. The van der Waals surface area contributed by atoms with Gasteiger partial charge in [0.15, 0.2) is 5.96 Å². The predicted octanol–water partition coefficient (Wildman–Crippen LogP) is 2.63. The number of ether oxygens (including phenoxy) is 1. The number of hydrogen-bond donors (Lipinski definition) is 1. The summed E-state index contributed by atoms with van der Waals surface area (Å²) in [6.45, 7) is 8.45. The van der Waals surface area contributed by atoms with Gasteiger partial charge in [0.2, 0.25) is 0 Å². The molecular weight excluding hydrogens is 443 g/mol. The Kier molecular flexibility index (Phi) is 10.9. The van der Waals surface area contributed by atoms with Gasteiger partial charge >= 0.3 is 0 Å². The molecule has 0 aliphatic carbocycles. The third kappa shape index (κ3) is 6.90. The van der Waals surface area contributed by atoms with E-state index in [4.69, 9.17) is 4.74 Å². The topological polar surface area (TPSA) is 58.9 Å². The maximum atomic E-state index is 11.8. The average molecular weight is 476 g/mol. The molecule has 0 spiro atoms. The number of likely N-dealkylation sites (tertiary alicyclic amines) is 1. The van der Waals surface area contributed by atoms with Crippen molar-refractivity contribution in [1.29, 1.82) is 0 Å². The highest BCUT2D eigenvalue weighted by Crippen LogP contribution is 2.13. The number of aryl methyl sites for hydroxylation is 1. The summed E-state index contributed by atoms with van der Waals surface area (Å²) in [4.78, 5) is 18.6. The predicted molar refractivity (Wildman–Crippen MR) is 118 cm³/mol. The molecule has 2 rings (SSSR count). The van der Waals surface area contributed by atoms with E-state index in [-0.39, 0.29) is 29.5 Å². The molecule has 1 aromatic heterocycles. The number of aromatic nitrogens is 1. The molecule has 0 radical (unpaired) electrons. The summed E-state index contributed by atoms with van der Waals surface area (Å²) < 4.78 is 7.54. The van der Waals surface area contributed by atoms with E-state index >= 15 is 0 Å². The molecule has 1 aliphatic heterocycles. The van der Waals surface area contributed by atoms with Gasteiger partial charge in [0.25, 0.3) is 5.56 Å². The Morgan fingerprint density at radius 2 is 2.04 bits per heavy atom. The van der Waals surface area contributed by atoms with E-state index in [9.17, 15) is 4.79 Å². The quantitative estimate of drug-likeness (QED) is 0.285. The van der Waals surface area contributed by atoms with Crippen LogP contribution >= 0.6 is 24.0 Å². The number of nitrogens with one attached hydrogen (secondary N) is 1. The molecule has 0 atom stereocenters. The van der Waals surface area contributed by atoms with Crippen LogP contribution in [0.5, 0.6) is 0 Å². The van der Waals surface area contributed by atoms with Crippen LogP contribution in [0.3, 0.4) is 0 Å². The molecule has 0 unspecified atom stereocenters. The van der Waals surface area contributed by atoms with Crippen LogP contribution in [0, 0.1) is 6.92 Å². The van der Waals surface area contributed by atoms with Crippen LogP contribution in [0.1, 0.15) is 38.3 Å². The molecule has 0 saturated carbocycles. The van der Waals surface area contributed by atoms with Crippen molar-refractivity contribution >= 4 is 29.9 Å². The molecular formula is C19H33IN4O2. The molecule has 7 heteroatoms. The number of piperidine rings is 1. The fourth-order valence-corrected chi connectivity index (χ4v) is 3.31. The van der Waals surface area contributed by atoms with Gasteiger partial charge in [0.1, 0.15) is 0 Å². The van der Waals surface area contributed by atoms with Crippen LogP contribution in [-0.2, 0) is 11.3 Å². The van der Waals surface area contributed by atoms with E-state index in [0.717, 1.165) is 70.1 Å². The first-order valence-corrected chi connectivity index (χ1v) is 9.39. The van der Waals surface area contributed by atoms with Crippen molar-refractivity contribution in [3.05, 3.63) is 34.2 Å². The lowest BCUT2D eigenvalue weighted by atomic mass is 10.1. The first kappa shape index (κ1) is 23.0. The van der Waals surface area contributed by atoms with Crippen molar-refractivity contribution < 1.29 is 4.74 Å². The lowest BCUT2D eigenvalue weighted by Gasteiger charge is -2.34. The highest BCUT2D eigenvalue weighted by Gasteiger charge is 2.21. The Bertz CT molecular complexity index is 610. The van der Waals surface area contributed by atoms with Crippen molar-refractivity contribution in [2.24, 2.45) is 4.99 Å². The standard InChI is InChI=1S/C19H32N4O2.HI/c1-4-25-17-10-14-22(15-11-17)19(20-3)21-12-5-6-13-23-16(2)8-7-9-18(23)24;/h7-9,17H,4-6,10-15H2,1-3H3,(H,20,21);1H. The fraction of sp³-hybridized carbons (Fsp3) is 0.684. The molecule has 148 valence electrons. The minimum Gasteiger partial charge on any atom is -0.378 e. The van der Waals surface area contributed by atoms with Gasteiger partial charge in [-0.3, -0.25) is 9.79 Å². The van der Waals surface area contributed by atoms with Crippen LogP contribution in [0.15, 0.2) is 28.0 Å². The second-order valence-corrected chi connectivity index (χ2v) is 6.48. The number of pyridine rings is 1. The van der Waals surface area contributed by atoms with Gasteiger partial charge in [-0.1, -0.05) is 6.07 Å². The monoisotopic (exact) mass is 476 g/mol. The van der Waals surface area contributed by atoms with Crippen molar-refractivity contribution in [3.8, 4) is 0 Å². The highest BCUT2D eigenvalue weighted by molar-refractivity contribution is 14.0. The smallest absolute Gasteiger partial charge is 0.250 e. The highest BCUT2D eigenvalue weighted by atomic mass is 127. The largest absolute Gasteiger partial charge is 0.378 e. The number of rotatable bonds is 7. The van der Waals surface area contributed by atoms with Crippen LogP contribution in [0.4, 0.5) is 0 Å². The van der Waals surface area contributed by atoms with E-state index in [0.29, 0.717) is 6.10 Å². The molecule has 0 aromatic carbocycles. The van der Waals surface area contributed by atoms with Gasteiger partial charge in [-0.25, -0.2) is 0 Å². The Labute approximate surface area is 174 Å². The van der Waals surface area contributed by atoms with E-state index in [1.165, 1.54) is 0 Å². The van der Waals surface area contributed by atoms with Crippen LogP contribution in [0.2, 0.25) is 0 Å². The maximum absolute atomic E-state index is 11.8. The number of guanidine groups is 1. The molecule has 26 heavy (non-hydrogen) atoms. The molecule has 1 N–H and O–H groups in total. The van der Waals surface area contributed by atoms with Gasteiger partial charge in [0, 0.05) is 51.6 Å². The number of unbranched alkanes of at least 4 members (excludes halogenated alkanes) is 1. The lowest BCUT2D eigenvalue weighted by Crippen LogP contribution is -2.47. The molecule has 2 heterocycles. The zero-order valence-corrected chi connectivity index (χ0v) is 18.6. The van der Waals surface area contributed by atoms with Crippen molar-refractivity contribution in [1.82, 2.24) is 14.8 Å².